The minimum absolute atomic E-state index is 0.00269. The van der Waals surface area contributed by atoms with E-state index in [1.54, 1.807) is 6.92 Å². The Bertz CT molecular complexity index is 480. The molecule has 1 aromatic rings. The zero-order valence-electron chi connectivity index (χ0n) is 11.0. The average molecular weight is 272 g/mol. The minimum atomic E-state index is -1.40. The SMILES string of the molecule is CCOC(=O)C(C)(CCN)c1c(N)ccc(F)c1F. The first-order valence-corrected chi connectivity index (χ1v) is 5.99. The molecule has 0 aromatic heterocycles. The molecule has 1 rings (SSSR count). The molecule has 0 aliphatic heterocycles. The molecule has 0 saturated heterocycles. The third kappa shape index (κ3) is 2.84. The third-order valence-corrected chi connectivity index (χ3v) is 3.05. The van der Waals surface area contributed by atoms with E-state index >= 15 is 0 Å². The molecular formula is C13H18F2N2O2. The number of carbonyl (C=O) groups is 1. The molecule has 106 valence electrons. The summed E-state index contributed by atoms with van der Waals surface area (Å²) in [5.74, 6) is -2.86. The average Bonchev–Trinajstić information content (AvgIpc) is 2.35. The number of nitrogens with two attached hydrogens (primary N) is 2. The van der Waals surface area contributed by atoms with E-state index in [4.69, 9.17) is 16.2 Å². The Balaban J connectivity index is 3.42. The Morgan fingerprint density at radius 3 is 2.58 bits per heavy atom. The van der Waals surface area contributed by atoms with Crippen molar-refractivity contribution in [3.05, 3.63) is 29.3 Å². The van der Waals surface area contributed by atoms with Gasteiger partial charge in [-0.15, -0.1) is 0 Å². The number of carbonyl (C=O) groups excluding carboxylic acids is 1. The number of ether oxygens (including phenoxy) is 1. The fourth-order valence-electron chi connectivity index (χ4n) is 2.03. The van der Waals surface area contributed by atoms with Gasteiger partial charge in [-0.25, -0.2) is 8.78 Å². The van der Waals surface area contributed by atoms with E-state index in [0.29, 0.717) is 0 Å². The molecule has 0 saturated carbocycles. The van der Waals surface area contributed by atoms with Crippen LogP contribution in [0.3, 0.4) is 0 Å². The lowest BCUT2D eigenvalue weighted by Crippen LogP contribution is -2.38. The fraction of sp³-hybridized carbons (Fsp3) is 0.462. The zero-order valence-corrected chi connectivity index (χ0v) is 11.0. The summed E-state index contributed by atoms with van der Waals surface area (Å²) < 4.78 is 32.3. The third-order valence-electron chi connectivity index (χ3n) is 3.05. The highest BCUT2D eigenvalue weighted by Crippen LogP contribution is 2.36. The molecule has 4 nitrogen and oxygen atoms in total. The summed E-state index contributed by atoms with van der Waals surface area (Å²) in [5.41, 5.74) is 9.55. The second-order valence-electron chi connectivity index (χ2n) is 4.42. The van der Waals surface area contributed by atoms with Gasteiger partial charge in [-0.3, -0.25) is 4.79 Å². The number of esters is 1. The number of nitrogen functional groups attached to an aromatic ring is 1. The molecule has 1 aromatic carbocycles. The molecule has 1 atom stereocenters. The van der Waals surface area contributed by atoms with E-state index in [2.05, 4.69) is 0 Å². The molecule has 0 heterocycles. The van der Waals surface area contributed by atoms with Gasteiger partial charge in [-0.05, 0) is 38.9 Å². The van der Waals surface area contributed by atoms with Crippen molar-refractivity contribution in [1.29, 1.82) is 0 Å². The first kappa shape index (κ1) is 15.4. The van der Waals surface area contributed by atoms with E-state index in [-0.39, 0.29) is 30.8 Å². The van der Waals surface area contributed by atoms with Gasteiger partial charge in [0.05, 0.1) is 12.0 Å². The van der Waals surface area contributed by atoms with Gasteiger partial charge in [-0.1, -0.05) is 0 Å². The van der Waals surface area contributed by atoms with Gasteiger partial charge in [0.15, 0.2) is 11.6 Å². The van der Waals surface area contributed by atoms with Crippen LogP contribution < -0.4 is 11.5 Å². The lowest BCUT2D eigenvalue weighted by Gasteiger charge is -2.28. The van der Waals surface area contributed by atoms with E-state index in [1.807, 2.05) is 0 Å². The van der Waals surface area contributed by atoms with Crippen molar-refractivity contribution in [1.82, 2.24) is 0 Å². The van der Waals surface area contributed by atoms with Gasteiger partial charge >= 0.3 is 5.97 Å². The zero-order chi connectivity index (χ0) is 14.6. The lowest BCUT2D eigenvalue weighted by molar-refractivity contribution is -0.149. The van der Waals surface area contributed by atoms with Crippen LogP contribution in [0, 0.1) is 11.6 Å². The first-order valence-electron chi connectivity index (χ1n) is 5.99. The number of anilines is 1. The number of hydrogen-bond acceptors (Lipinski definition) is 4. The van der Waals surface area contributed by atoms with E-state index in [1.165, 1.54) is 13.0 Å². The van der Waals surface area contributed by atoms with Crippen LogP contribution in [0.2, 0.25) is 0 Å². The Morgan fingerprint density at radius 2 is 2.05 bits per heavy atom. The normalized spacial score (nSPS) is 13.9. The van der Waals surface area contributed by atoms with Crippen molar-refractivity contribution >= 4 is 11.7 Å². The van der Waals surface area contributed by atoms with Crippen LogP contribution in [0.4, 0.5) is 14.5 Å². The highest BCUT2D eigenvalue weighted by atomic mass is 19.2. The molecule has 0 bridgehead atoms. The van der Waals surface area contributed by atoms with Crippen LogP contribution >= 0.6 is 0 Å². The standard InChI is InChI=1S/C13H18F2N2O2/c1-3-19-12(18)13(2,6-7-16)10-9(17)5-4-8(14)11(10)15/h4-5H,3,6-7,16-17H2,1-2H3. The van der Waals surface area contributed by atoms with Crippen LogP contribution in [0.1, 0.15) is 25.8 Å². The first-order chi connectivity index (χ1) is 8.88. The number of rotatable bonds is 5. The predicted octanol–water partition coefficient (Wildman–Crippen LogP) is 1.72. The molecule has 0 aliphatic carbocycles. The van der Waals surface area contributed by atoms with Crippen LogP contribution in [0.15, 0.2) is 12.1 Å². The molecule has 19 heavy (non-hydrogen) atoms. The highest BCUT2D eigenvalue weighted by Gasteiger charge is 2.40. The van der Waals surface area contributed by atoms with Crippen LogP contribution in [-0.4, -0.2) is 19.1 Å². The molecule has 0 aliphatic rings. The van der Waals surface area contributed by atoms with Crippen molar-refractivity contribution in [2.45, 2.75) is 25.7 Å². The van der Waals surface area contributed by atoms with Gasteiger partial charge in [-0.2, -0.15) is 0 Å². The minimum Gasteiger partial charge on any atom is -0.465 e. The molecular weight excluding hydrogens is 254 g/mol. The van der Waals surface area contributed by atoms with Crippen LogP contribution in [-0.2, 0) is 14.9 Å². The number of hydrogen-bond donors (Lipinski definition) is 2. The van der Waals surface area contributed by atoms with Gasteiger partial charge in [0.25, 0.3) is 0 Å². The molecule has 4 N–H and O–H groups in total. The summed E-state index contributed by atoms with van der Waals surface area (Å²) in [6.45, 7) is 3.33. The van der Waals surface area contributed by atoms with Crippen molar-refractivity contribution in [3.63, 3.8) is 0 Å². The summed E-state index contributed by atoms with van der Waals surface area (Å²) >= 11 is 0. The Labute approximate surface area is 110 Å². The predicted molar refractivity (Wildman–Crippen MR) is 68.4 cm³/mol. The Morgan fingerprint density at radius 1 is 1.42 bits per heavy atom. The van der Waals surface area contributed by atoms with Crippen molar-refractivity contribution in [2.24, 2.45) is 5.73 Å². The quantitative estimate of drug-likeness (QED) is 0.632. The molecule has 0 amide bonds. The van der Waals surface area contributed by atoms with Crippen molar-refractivity contribution < 1.29 is 18.3 Å². The summed E-state index contributed by atoms with van der Waals surface area (Å²) in [5, 5.41) is 0. The van der Waals surface area contributed by atoms with Crippen LogP contribution in [0.5, 0.6) is 0 Å². The molecule has 6 heteroatoms. The number of benzene rings is 1. The maximum Gasteiger partial charge on any atom is 0.316 e. The van der Waals surface area contributed by atoms with Gasteiger partial charge < -0.3 is 16.2 Å². The Kier molecular flexibility index (Phi) is 4.83. The topological polar surface area (TPSA) is 78.3 Å². The van der Waals surface area contributed by atoms with Gasteiger partial charge in [0.2, 0.25) is 0 Å². The summed E-state index contributed by atoms with van der Waals surface area (Å²) in [4.78, 5) is 12.0. The largest absolute Gasteiger partial charge is 0.465 e. The highest BCUT2D eigenvalue weighted by molar-refractivity contribution is 5.85. The summed E-state index contributed by atoms with van der Waals surface area (Å²) in [7, 11) is 0. The van der Waals surface area contributed by atoms with Gasteiger partial charge in [0.1, 0.15) is 0 Å². The maximum atomic E-state index is 14.0. The second-order valence-corrected chi connectivity index (χ2v) is 4.42. The fourth-order valence-corrected chi connectivity index (χ4v) is 2.03. The van der Waals surface area contributed by atoms with E-state index < -0.39 is 23.0 Å². The smallest absolute Gasteiger partial charge is 0.316 e. The number of halogens is 2. The second kappa shape index (κ2) is 5.97. The summed E-state index contributed by atoms with van der Waals surface area (Å²) in [6, 6.07) is 2.14. The molecule has 0 spiro atoms. The van der Waals surface area contributed by atoms with E-state index in [0.717, 1.165) is 6.07 Å². The van der Waals surface area contributed by atoms with Crippen molar-refractivity contribution in [2.75, 3.05) is 18.9 Å². The lowest BCUT2D eigenvalue weighted by atomic mass is 9.78. The Hall–Kier alpha value is -1.69. The summed E-state index contributed by atoms with van der Waals surface area (Å²) in [6.07, 6.45) is 0.108. The monoisotopic (exact) mass is 272 g/mol. The van der Waals surface area contributed by atoms with Crippen LogP contribution in [0.25, 0.3) is 0 Å². The molecule has 0 radical (unpaired) electrons. The van der Waals surface area contributed by atoms with Crippen molar-refractivity contribution in [3.8, 4) is 0 Å². The molecule has 1 unspecified atom stereocenters. The molecule has 0 fully saturated rings. The van der Waals surface area contributed by atoms with Gasteiger partial charge in [0, 0.05) is 11.3 Å². The van der Waals surface area contributed by atoms with E-state index in [9.17, 15) is 13.6 Å². The maximum absolute atomic E-state index is 14.0.